The van der Waals surface area contributed by atoms with Crippen molar-refractivity contribution in [2.24, 2.45) is 4.99 Å². The Morgan fingerprint density at radius 3 is 2.65 bits per heavy atom. The fourth-order valence-electron chi connectivity index (χ4n) is 1.96. The third-order valence-electron chi connectivity index (χ3n) is 3.13. The van der Waals surface area contributed by atoms with Crippen LogP contribution in [0.25, 0.3) is 0 Å². The van der Waals surface area contributed by atoms with E-state index in [1.165, 1.54) is 7.11 Å². The number of benzene rings is 1. The van der Waals surface area contributed by atoms with E-state index >= 15 is 0 Å². The first kappa shape index (κ1) is 16.7. The number of hydrogen-bond acceptors (Lipinski definition) is 6. The summed E-state index contributed by atoms with van der Waals surface area (Å²) in [6.45, 7) is 4.26. The van der Waals surface area contributed by atoms with Gasteiger partial charge in [-0.15, -0.1) is 11.3 Å². The van der Waals surface area contributed by atoms with Crippen LogP contribution in [0.4, 0.5) is 5.00 Å². The first-order chi connectivity index (χ1) is 11.1. The molecule has 0 saturated carbocycles. The molecule has 2 aromatic rings. The minimum Gasteiger partial charge on any atom is -0.494 e. The Kier molecular flexibility index (Phi) is 5.50. The SMILES string of the molecule is CCOc1ccc(C=Nc2sc(C(=O)OC)c(C)c2C#N)cc1. The summed E-state index contributed by atoms with van der Waals surface area (Å²) in [6.07, 6.45) is 1.66. The van der Waals surface area contributed by atoms with E-state index in [4.69, 9.17) is 9.47 Å². The molecule has 6 heteroatoms. The van der Waals surface area contributed by atoms with Crippen LogP contribution in [-0.2, 0) is 4.74 Å². The maximum atomic E-state index is 11.7. The summed E-state index contributed by atoms with van der Waals surface area (Å²) in [7, 11) is 1.32. The van der Waals surface area contributed by atoms with Crippen LogP contribution < -0.4 is 4.74 Å². The van der Waals surface area contributed by atoms with Crippen molar-refractivity contribution < 1.29 is 14.3 Å². The Hall–Kier alpha value is -2.65. The van der Waals surface area contributed by atoms with Crippen LogP contribution in [0.1, 0.15) is 33.3 Å². The molecule has 2 rings (SSSR count). The molecular formula is C17H16N2O3S. The van der Waals surface area contributed by atoms with Gasteiger partial charge in [0, 0.05) is 6.21 Å². The Morgan fingerprint density at radius 2 is 2.09 bits per heavy atom. The number of ether oxygens (including phenoxy) is 2. The number of nitrogens with zero attached hydrogens (tertiary/aromatic N) is 2. The van der Waals surface area contributed by atoms with E-state index in [0.717, 1.165) is 22.6 Å². The molecule has 0 saturated heterocycles. The molecule has 0 bridgehead atoms. The van der Waals surface area contributed by atoms with Crippen LogP contribution in [0.2, 0.25) is 0 Å². The monoisotopic (exact) mass is 328 g/mol. The highest BCUT2D eigenvalue weighted by molar-refractivity contribution is 7.18. The van der Waals surface area contributed by atoms with E-state index < -0.39 is 5.97 Å². The minimum atomic E-state index is -0.452. The lowest BCUT2D eigenvalue weighted by Gasteiger charge is -2.01. The maximum Gasteiger partial charge on any atom is 0.348 e. The fourth-order valence-corrected chi connectivity index (χ4v) is 2.98. The van der Waals surface area contributed by atoms with Gasteiger partial charge in [0.2, 0.25) is 0 Å². The van der Waals surface area contributed by atoms with Gasteiger partial charge in [-0.25, -0.2) is 9.79 Å². The Bertz CT molecular complexity index is 770. The summed E-state index contributed by atoms with van der Waals surface area (Å²) >= 11 is 1.15. The number of rotatable bonds is 5. The quantitative estimate of drug-likeness (QED) is 0.617. The Labute approximate surface area is 138 Å². The second kappa shape index (κ2) is 7.56. The van der Waals surface area contributed by atoms with Crippen LogP contribution in [0.5, 0.6) is 5.75 Å². The summed E-state index contributed by atoms with van der Waals surface area (Å²) in [5.74, 6) is 0.342. The Morgan fingerprint density at radius 1 is 1.39 bits per heavy atom. The van der Waals surface area contributed by atoms with Crippen molar-refractivity contribution in [2.45, 2.75) is 13.8 Å². The lowest BCUT2D eigenvalue weighted by atomic mass is 10.2. The Balaban J connectivity index is 2.28. The van der Waals surface area contributed by atoms with Crippen molar-refractivity contribution in [1.29, 1.82) is 5.26 Å². The third kappa shape index (κ3) is 3.76. The molecule has 0 spiro atoms. The van der Waals surface area contributed by atoms with Gasteiger partial charge < -0.3 is 9.47 Å². The van der Waals surface area contributed by atoms with E-state index in [9.17, 15) is 10.1 Å². The van der Waals surface area contributed by atoms with Crippen molar-refractivity contribution in [3.05, 3.63) is 45.8 Å². The average molecular weight is 328 g/mol. The lowest BCUT2D eigenvalue weighted by molar-refractivity contribution is 0.0605. The number of nitriles is 1. The molecule has 0 atom stereocenters. The van der Waals surface area contributed by atoms with E-state index in [1.54, 1.807) is 13.1 Å². The van der Waals surface area contributed by atoms with Gasteiger partial charge in [0.05, 0.1) is 19.3 Å². The van der Waals surface area contributed by atoms with E-state index in [-0.39, 0.29) is 0 Å². The van der Waals surface area contributed by atoms with Crippen molar-refractivity contribution in [2.75, 3.05) is 13.7 Å². The number of methoxy groups -OCH3 is 1. The number of carbonyl (C=O) groups excluding carboxylic acids is 1. The van der Waals surface area contributed by atoms with Gasteiger partial charge in [0.25, 0.3) is 0 Å². The highest BCUT2D eigenvalue weighted by Gasteiger charge is 2.20. The molecule has 0 aliphatic carbocycles. The van der Waals surface area contributed by atoms with E-state index in [1.807, 2.05) is 31.2 Å². The normalized spacial score (nSPS) is 10.5. The number of thiophene rings is 1. The first-order valence-electron chi connectivity index (χ1n) is 6.99. The van der Waals surface area contributed by atoms with Gasteiger partial charge >= 0.3 is 5.97 Å². The van der Waals surface area contributed by atoms with Gasteiger partial charge in [0.15, 0.2) is 0 Å². The molecular weight excluding hydrogens is 312 g/mol. The summed E-state index contributed by atoms with van der Waals surface area (Å²) < 4.78 is 10.1. The molecule has 23 heavy (non-hydrogen) atoms. The average Bonchev–Trinajstić information content (AvgIpc) is 2.89. The number of carbonyl (C=O) groups is 1. The van der Waals surface area contributed by atoms with Crippen molar-refractivity contribution in [1.82, 2.24) is 0 Å². The zero-order valence-corrected chi connectivity index (χ0v) is 13.9. The summed E-state index contributed by atoms with van der Waals surface area (Å²) in [5.41, 5.74) is 1.88. The summed E-state index contributed by atoms with van der Waals surface area (Å²) in [5, 5.41) is 9.77. The summed E-state index contributed by atoms with van der Waals surface area (Å²) in [4.78, 5) is 16.5. The molecule has 118 valence electrons. The van der Waals surface area contributed by atoms with Crippen LogP contribution in [0, 0.1) is 18.3 Å². The number of aliphatic imine (C=N–C) groups is 1. The molecule has 0 aliphatic rings. The molecule has 0 N–H and O–H groups in total. The maximum absolute atomic E-state index is 11.7. The molecule has 0 amide bonds. The number of hydrogen-bond donors (Lipinski definition) is 0. The van der Waals surface area contributed by atoms with Crippen LogP contribution in [0.15, 0.2) is 29.3 Å². The van der Waals surface area contributed by atoms with Crippen LogP contribution in [-0.4, -0.2) is 25.9 Å². The lowest BCUT2D eigenvalue weighted by Crippen LogP contribution is -1.99. The second-order valence-corrected chi connectivity index (χ2v) is 5.60. The van der Waals surface area contributed by atoms with Gasteiger partial charge in [-0.1, -0.05) is 0 Å². The second-order valence-electron chi connectivity index (χ2n) is 4.60. The van der Waals surface area contributed by atoms with Crippen LogP contribution >= 0.6 is 11.3 Å². The van der Waals surface area contributed by atoms with Gasteiger partial charge in [-0.3, -0.25) is 0 Å². The van der Waals surface area contributed by atoms with Crippen LogP contribution in [0.3, 0.4) is 0 Å². The van der Waals surface area contributed by atoms with E-state index in [0.29, 0.717) is 27.6 Å². The van der Waals surface area contributed by atoms with Gasteiger partial charge in [-0.2, -0.15) is 5.26 Å². The number of esters is 1. The van der Waals surface area contributed by atoms with E-state index in [2.05, 4.69) is 11.1 Å². The van der Waals surface area contributed by atoms with Crippen molar-refractivity contribution in [3.63, 3.8) is 0 Å². The molecule has 0 aliphatic heterocycles. The largest absolute Gasteiger partial charge is 0.494 e. The highest BCUT2D eigenvalue weighted by atomic mass is 32.1. The topological polar surface area (TPSA) is 71.7 Å². The molecule has 0 fully saturated rings. The molecule has 0 unspecified atom stereocenters. The molecule has 1 aromatic carbocycles. The molecule has 1 heterocycles. The minimum absolute atomic E-state index is 0.401. The zero-order chi connectivity index (χ0) is 16.8. The first-order valence-corrected chi connectivity index (χ1v) is 7.81. The van der Waals surface area contributed by atoms with Crippen molar-refractivity contribution >= 4 is 28.5 Å². The molecule has 0 radical (unpaired) electrons. The van der Waals surface area contributed by atoms with Crippen molar-refractivity contribution in [3.8, 4) is 11.8 Å². The fraction of sp³-hybridized carbons (Fsp3) is 0.235. The third-order valence-corrected chi connectivity index (χ3v) is 4.31. The zero-order valence-electron chi connectivity index (χ0n) is 13.1. The predicted octanol–water partition coefficient (Wildman–Crippen LogP) is 3.86. The molecule has 5 nitrogen and oxygen atoms in total. The molecule has 1 aromatic heterocycles. The predicted molar refractivity (Wildman–Crippen MR) is 90.0 cm³/mol. The van der Waals surface area contributed by atoms with Gasteiger partial charge in [0.1, 0.15) is 21.7 Å². The summed E-state index contributed by atoms with van der Waals surface area (Å²) in [6, 6.07) is 9.56. The smallest absolute Gasteiger partial charge is 0.348 e. The highest BCUT2D eigenvalue weighted by Crippen LogP contribution is 2.35. The standard InChI is InChI=1S/C17H16N2O3S/c1-4-22-13-7-5-12(6-8-13)10-19-16-14(9-18)11(2)15(23-16)17(20)21-3/h5-8,10H,4H2,1-3H3. The van der Waals surface area contributed by atoms with Gasteiger partial charge in [-0.05, 0) is 49.2 Å².